The molecule has 3 rings (SSSR count). The Morgan fingerprint density at radius 3 is 2.52 bits per heavy atom. The predicted molar refractivity (Wildman–Crippen MR) is 85.6 cm³/mol. The largest absolute Gasteiger partial charge is 0.379 e. The van der Waals surface area contributed by atoms with Gasteiger partial charge < -0.3 is 5.32 Å². The van der Waals surface area contributed by atoms with E-state index in [4.69, 9.17) is 23.2 Å². The maximum atomic E-state index is 6.00. The smallest absolute Gasteiger partial charge is 0.117 e. The first-order chi connectivity index (χ1) is 10.2. The summed E-state index contributed by atoms with van der Waals surface area (Å²) in [4.78, 5) is 0. The predicted octanol–water partition coefficient (Wildman–Crippen LogP) is 4.39. The molecule has 1 heterocycles. The molecule has 2 aromatic carbocycles. The highest BCUT2D eigenvalue weighted by Crippen LogP contribution is 2.26. The van der Waals surface area contributed by atoms with Gasteiger partial charge in [0.15, 0.2) is 0 Å². The van der Waals surface area contributed by atoms with Gasteiger partial charge in [0, 0.05) is 11.3 Å². The normalized spacial score (nSPS) is 10.6. The molecule has 2 N–H and O–H groups in total. The number of hydrogen-bond acceptors (Lipinski definition) is 3. The van der Waals surface area contributed by atoms with Crippen molar-refractivity contribution in [2.24, 2.45) is 0 Å². The number of benzene rings is 2. The first-order valence-electron chi connectivity index (χ1n) is 6.38. The van der Waals surface area contributed by atoms with Crippen LogP contribution >= 0.6 is 23.2 Å². The molecule has 0 aliphatic carbocycles. The Kier molecular flexibility index (Phi) is 4.08. The second-order valence-electron chi connectivity index (χ2n) is 4.47. The van der Waals surface area contributed by atoms with Gasteiger partial charge in [-0.05, 0) is 18.2 Å². The summed E-state index contributed by atoms with van der Waals surface area (Å²) in [5.41, 5.74) is 3.58. The third-order valence-corrected chi connectivity index (χ3v) is 3.79. The molecule has 6 heteroatoms. The van der Waals surface area contributed by atoms with E-state index in [0.29, 0.717) is 16.6 Å². The second kappa shape index (κ2) is 6.16. The molecule has 0 aliphatic rings. The summed E-state index contributed by atoms with van der Waals surface area (Å²) in [5, 5.41) is 15.4. The molecule has 0 radical (unpaired) electrons. The van der Waals surface area contributed by atoms with E-state index in [0.717, 1.165) is 22.6 Å². The van der Waals surface area contributed by atoms with Crippen molar-refractivity contribution in [2.75, 3.05) is 5.32 Å². The van der Waals surface area contributed by atoms with E-state index in [2.05, 4.69) is 20.7 Å². The van der Waals surface area contributed by atoms with Gasteiger partial charge in [0.05, 0.1) is 16.6 Å². The summed E-state index contributed by atoms with van der Waals surface area (Å²) in [7, 11) is 0. The molecule has 3 aromatic rings. The SMILES string of the molecule is Clc1ccc(NCc2n[nH]nc2-c2ccccc2)cc1Cl. The quantitative estimate of drug-likeness (QED) is 0.750. The molecule has 1 aromatic heterocycles. The molecule has 0 unspecified atom stereocenters. The Bertz CT molecular complexity index is 740. The number of anilines is 1. The van der Waals surface area contributed by atoms with Crippen LogP contribution in [-0.2, 0) is 6.54 Å². The van der Waals surface area contributed by atoms with Gasteiger partial charge in [-0.1, -0.05) is 53.5 Å². The van der Waals surface area contributed by atoms with Crippen LogP contribution in [0.5, 0.6) is 0 Å². The number of rotatable bonds is 4. The Hall–Kier alpha value is -2.04. The van der Waals surface area contributed by atoms with Crippen molar-refractivity contribution >= 4 is 28.9 Å². The molecule has 0 spiro atoms. The summed E-state index contributed by atoms with van der Waals surface area (Å²) in [6.07, 6.45) is 0. The van der Waals surface area contributed by atoms with E-state index in [1.165, 1.54) is 0 Å². The van der Waals surface area contributed by atoms with Crippen molar-refractivity contribution in [1.82, 2.24) is 15.4 Å². The van der Waals surface area contributed by atoms with Crippen LogP contribution in [0.15, 0.2) is 48.5 Å². The molecule has 4 nitrogen and oxygen atoms in total. The molecular weight excluding hydrogens is 307 g/mol. The molecule has 106 valence electrons. The van der Waals surface area contributed by atoms with E-state index in [1.807, 2.05) is 36.4 Å². The third-order valence-electron chi connectivity index (χ3n) is 3.05. The minimum Gasteiger partial charge on any atom is -0.379 e. The summed E-state index contributed by atoms with van der Waals surface area (Å²) in [5.74, 6) is 0. The fourth-order valence-corrected chi connectivity index (χ4v) is 2.29. The van der Waals surface area contributed by atoms with Crippen LogP contribution in [0.2, 0.25) is 10.0 Å². The van der Waals surface area contributed by atoms with Gasteiger partial charge in [0.25, 0.3) is 0 Å². The zero-order valence-electron chi connectivity index (χ0n) is 11.0. The lowest BCUT2D eigenvalue weighted by atomic mass is 10.1. The van der Waals surface area contributed by atoms with Crippen LogP contribution in [0.4, 0.5) is 5.69 Å². The standard InChI is InChI=1S/C15H12Cl2N4/c16-12-7-6-11(8-13(12)17)18-9-14-15(20-21-19-14)10-4-2-1-3-5-10/h1-8,18H,9H2,(H,19,20,21). The highest BCUT2D eigenvalue weighted by Gasteiger charge is 2.09. The molecule has 0 amide bonds. The number of nitrogens with one attached hydrogen (secondary N) is 2. The molecule has 0 atom stereocenters. The number of aromatic amines is 1. The first-order valence-corrected chi connectivity index (χ1v) is 7.13. The van der Waals surface area contributed by atoms with Crippen molar-refractivity contribution in [3.63, 3.8) is 0 Å². The molecule has 0 aliphatic heterocycles. The maximum Gasteiger partial charge on any atom is 0.117 e. The van der Waals surface area contributed by atoms with E-state index < -0.39 is 0 Å². The Morgan fingerprint density at radius 2 is 1.76 bits per heavy atom. The van der Waals surface area contributed by atoms with E-state index in [-0.39, 0.29) is 0 Å². The van der Waals surface area contributed by atoms with Crippen LogP contribution in [0.1, 0.15) is 5.69 Å². The number of halogens is 2. The summed E-state index contributed by atoms with van der Waals surface area (Å²) < 4.78 is 0. The van der Waals surface area contributed by atoms with Crippen LogP contribution in [0.25, 0.3) is 11.3 Å². The second-order valence-corrected chi connectivity index (χ2v) is 5.28. The van der Waals surface area contributed by atoms with Gasteiger partial charge in [-0.2, -0.15) is 15.4 Å². The highest BCUT2D eigenvalue weighted by atomic mass is 35.5. The summed E-state index contributed by atoms with van der Waals surface area (Å²) in [6.45, 7) is 0.540. The average Bonchev–Trinajstić information content (AvgIpc) is 2.98. The van der Waals surface area contributed by atoms with Gasteiger partial charge >= 0.3 is 0 Å². The van der Waals surface area contributed by atoms with Gasteiger partial charge in [-0.15, -0.1) is 0 Å². The molecule has 21 heavy (non-hydrogen) atoms. The van der Waals surface area contributed by atoms with Gasteiger partial charge in [0.2, 0.25) is 0 Å². The Labute approximate surface area is 132 Å². The fourth-order valence-electron chi connectivity index (χ4n) is 2.00. The van der Waals surface area contributed by atoms with Gasteiger partial charge in [0.1, 0.15) is 11.4 Å². The zero-order chi connectivity index (χ0) is 14.7. The summed E-state index contributed by atoms with van der Waals surface area (Å²) >= 11 is 11.9. The average molecular weight is 319 g/mol. The van der Waals surface area contributed by atoms with Crippen molar-refractivity contribution in [1.29, 1.82) is 0 Å². The first kappa shape index (κ1) is 13.9. The van der Waals surface area contributed by atoms with Crippen molar-refractivity contribution in [3.05, 3.63) is 64.3 Å². The Morgan fingerprint density at radius 1 is 0.952 bits per heavy atom. The fraction of sp³-hybridized carbons (Fsp3) is 0.0667. The van der Waals surface area contributed by atoms with E-state index in [9.17, 15) is 0 Å². The number of nitrogens with zero attached hydrogens (tertiary/aromatic N) is 2. The number of hydrogen-bond donors (Lipinski definition) is 2. The molecular formula is C15H12Cl2N4. The van der Waals surface area contributed by atoms with Crippen LogP contribution in [0.3, 0.4) is 0 Å². The Balaban J connectivity index is 1.77. The topological polar surface area (TPSA) is 53.6 Å². The number of H-pyrrole nitrogens is 1. The van der Waals surface area contributed by atoms with E-state index >= 15 is 0 Å². The van der Waals surface area contributed by atoms with Gasteiger partial charge in [-0.25, -0.2) is 0 Å². The lowest BCUT2D eigenvalue weighted by Gasteiger charge is -2.07. The van der Waals surface area contributed by atoms with Crippen LogP contribution < -0.4 is 5.32 Å². The van der Waals surface area contributed by atoms with Crippen molar-refractivity contribution in [3.8, 4) is 11.3 Å². The minimum atomic E-state index is 0.519. The minimum absolute atomic E-state index is 0.519. The van der Waals surface area contributed by atoms with Crippen molar-refractivity contribution < 1.29 is 0 Å². The molecule has 0 saturated heterocycles. The number of aromatic nitrogens is 3. The summed E-state index contributed by atoms with van der Waals surface area (Å²) in [6, 6.07) is 15.3. The monoisotopic (exact) mass is 318 g/mol. The van der Waals surface area contributed by atoms with E-state index in [1.54, 1.807) is 12.1 Å². The lowest BCUT2D eigenvalue weighted by molar-refractivity contribution is 0.911. The lowest BCUT2D eigenvalue weighted by Crippen LogP contribution is -2.01. The van der Waals surface area contributed by atoms with Crippen LogP contribution in [0, 0.1) is 0 Å². The zero-order valence-corrected chi connectivity index (χ0v) is 12.5. The highest BCUT2D eigenvalue weighted by molar-refractivity contribution is 6.42. The molecule has 0 bridgehead atoms. The third kappa shape index (κ3) is 3.17. The molecule has 0 fully saturated rings. The molecule has 0 saturated carbocycles. The maximum absolute atomic E-state index is 6.00. The van der Waals surface area contributed by atoms with Gasteiger partial charge in [-0.3, -0.25) is 0 Å². The van der Waals surface area contributed by atoms with Crippen molar-refractivity contribution in [2.45, 2.75) is 6.54 Å². The van der Waals surface area contributed by atoms with Crippen LogP contribution in [-0.4, -0.2) is 15.4 Å².